The molecule has 7 rings (SSSR count). The first-order valence-corrected chi connectivity index (χ1v) is 22.1. The Morgan fingerprint density at radius 3 is 2.46 bits per heavy atom. The van der Waals surface area contributed by atoms with Crippen molar-refractivity contribution >= 4 is 44.9 Å². The molecule has 1 saturated heterocycles. The van der Waals surface area contributed by atoms with Crippen LogP contribution in [0.5, 0.6) is 11.6 Å². The highest BCUT2D eigenvalue weighted by atomic mass is 32.2. The molecule has 2 aliphatic heterocycles. The number of ether oxygens (including phenoxy) is 3. The quantitative estimate of drug-likeness (QED) is 0.331. The van der Waals surface area contributed by atoms with Crippen molar-refractivity contribution in [1.82, 2.24) is 30.2 Å². The molecule has 1 aromatic carbocycles. The summed E-state index contributed by atoms with van der Waals surface area (Å²) in [6.45, 7) is 10.1. The van der Waals surface area contributed by atoms with Gasteiger partial charge < -0.3 is 29.7 Å². The van der Waals surface area contributed by atoms with E-state index in [1.807, 2.05) is 11.6 Å². The van der Waals surface area contributed by atoms with Crippen LogP contribution in [0.25, 0.3) is 11.0 Å². The first-order chi connectivity index (χ1) is 27.7. The van der Waals surface area contributed by atoms with E-state index < -0.39 is 98.0 Å². The Bertz CT molecular complexity index is 2130. The lowest BCUT2D eigenvalue weighted by molar-refractivity contribution is -0.143. The number of nitrogens with one attached hydrogen (secondary N) is 3. The van der Waals surface area contributed by atoms with Gasteiger partial charge in [-0.15, -0.1) is 0 Å². The van der Waals surface area contributed by atoms with Gasteiger partial charge in [0, 0.05) is 17.9 Å². The van der Waals surface area contributed by atoms with Gasteiger partial charge in [0.2, 0.25) is 34.1 Å². The van der Waals surface area contributed by atoms with Gasteiger partial charge in [0.25, 0.3) is 5.91 Å². The van der Waals surface area contributed by atoms with Gasteiger partial charge >= 0.3 is 6.09 Å². The molecule has 3 saturated carbocycles. The maximum atomic E-state index is 14.9. The summed E-state index contributed by atoms with van der Waals surface area (Å²) in [5, 5.41) is 5.28. The van der Waals surface area contributed by atoms with Gasteiger partial charge in [-0.05, 0) is 75.8 Å². The maximum absolute atomic E-state index is 14.9. The SMILES string of the molecule is CC[C@@]12C[C@H]1CCCCCc1nc3ccc(OC)cc3nc1O[C@H]1CN(C(=O)[C@H](C(C)(C)C)NC(=O)O2)C(C(=O)N[C@]2(C(=O)NS(=O)(=O)C3(C)CC3)C[C@H]2C(F)F)[C@@H]1C. The lowest BCUT2D eigenvalue weighted by Crippen LogP contribution is -2.61. The molecule has 2 aromatic rings. The minimum atomic E-state index is -4.24. The minimum Gasteiger partial charge on any atom is -0.497 e. The smallest absolute Gasteiger partial charge is 0.408 e. The fourth-order valence-corrected chi connectivity index (χ4v) is 10.1. The second-order valence-electron chi connectivity index (χ2n) is 18.5. The molecule has 5 aliphatic rings. The largest absolute Gasteiger partial charge is 0.497 e. The van der Waals surface area contributed by atoms with Crippen LogP contribution in [0.3, 0.4) is 0 Å². The van der Waals surface area contributed by atoms with Crippen molar-refractivity contribution < 1.29 is 50.6 Å². The molecule has 8 atom stereocenters. The van der Waals surface area contributed by atoms with Crippen molar-refractivity contribution in [2.24, 2.45) is 23.2 Å². The molecule has 0 spiro atoms. The number of alkyl halides is 2. The number of aryl methyl sites for hydroxylation is 1. The number of aromatic nitrogens is 2. The van der Waals surface area contributed by atoms with E-state index in [2.05, 4.69) is 10.6 Å². The monoisotopic (exact) mass is 846 g/mol. The van der Waals surface area contributed by atoms with Crippen LogP contribution < -0.4 is 24.8 Å². The van der Waals surface area contributed by atoms with Crippen molar-refractivity contribution in [3.05, 3.63) is 23.9 Å². The average molecular weight is 847 g/mol. The number of hydrogen-bond donors (Lipinski definition) is 3. The van der Waals surface area contributed by atoms with Crippen LogP contribution >= 0.6 is 0 Å². The molecule has 324 valence electrons. The first-order valence-electron chi connectivity index (χ1n) is 20.7. The molecular weight excluding hydrogens is 791 g/mol. The summed E-state index contributed by atoms with van der Waals surface area (Å²) in [6, 6.07) is 2.68. The van der Waals surface area contributed by atoms with Gasteiger partial charge in [0.05, 0.1) is 35.4 Å². The second-order valence-corrected chi connectivity index (χ2v) is 20.7. The molecule has 3 aliphatic carbocycles. The number of halogens is 2. The maximum Gasteiger partial charge on any atom is 0.408 e. The van der Waals surface area contributed by atoms with E-state index in [1.165, 1.54) is 18.9 Å². The van der Waals surface area contributed by atoms with E-state index in [-0.39, 0.29) is 18.3 Å². The Labute approximate surface area is 343 Å². The molecule has 59 heavy (non-hydrogen) atoms. The molecular formula is C41H56F2N6O9S. The van der Waals surface area contributed by atoms with E-state index in [1.54, 1.807) is 45.9 Å². The fraction of sp³-hybridized carbons (Fsp3) is 0.707. The molecule has 2 bridgehead atoms. The fourth-order valence-electron chi connectivity index (χ4n) is 8.78. The van der Waals surface area contributed by atoms with Gasteiger partial charge in [-0.25, -0.2) is 32.0 Å². The second kappa shape index (κ2) is 15.3. The zero-order valence-corrected chi connectivity index (χ0v) is 35.5. The van der Waals surface area contributed by atoms with E-state index in [4.69, 9.17) is 24.2 Å². The molecule has 1 aromatic heterocycles. The van der Waals surface area contributed by atoms with Gasteiger partial charge in [-0.3, -0.25) is 19.1 Å². The number of alkyl carbamates (subject to hydrolysis) is 1. The summed E-state index contributed by atoms with van der Waals surface area (Å²) in [5.41, 5.74) is -2.13. The number of fused-ring (bicyclic) bond motifs is 5. The normalized spacial score (nSPS) is 32.0. The number of methoxy groups -OCH3 is 1. The van der Waals surface area contributed by atoms with Crippen molar-refractivity contribution in [3.63, 3.8) is 0 Å². The van der Waals surface area contributed by atoms with Gasteiger partial charge in [0.1, 0.15) is 40.8 Å². The number of rotatable bonds is 8. The van der Waals surface area contributed by atoms with Gasteiger partial charge in [0.15, 0.2) is 0 Å². The Morgan fingerprint density at radius 1 is 1.10 bits per heavy atom. The summed E-state index contributed by atoms with van der Waals surface area (Å²) in [7, 11) is -2.71. The van der Waals surface area contributed by atoms with Crippen LogP contribution in [0.1, 0.15) is 105 Å². The molecule has 18 heteroatoms. The van der Waals surface area contributed by atoms with Crippen LogP contribution in [0, 0.1) is 23.2 Å². The molecule has 4 fully saturated rings. The Hall–Kier alpha value is -4.35. The third kappa shape index (κ3) is 8.13. The average Bonchev–Trinajstić information content (AvgIpc) is 4.12. The summed E-state index contributed by atoms with van der Waals surface area (Å²) in [6.07, 6.45) is 0.532. The Balaban J connectivity index is 1.26. The summed E-state index contributed by atoms with van der Waals surface area (Å²) >= 11 is 0. The zero-order chi connectivity index (χ0) is 42.9. The number of carbonyl (C=O) groups excluding carboxylic acids is 4. The molecule has 3 heterocycles. The van der Waals surface area contributed by atoms with E-state index in [0.717, 1.165) is 25.7 Å². The van der Waals surface area contributed by atoms with Gasteiger partial charge in [-0.1, -0.05) is 47.5 Å². The highest BCUT2D eigenvalue weighted by Crippen LogP contribution is 2.53. The molecule has 15 nitrogen and oxygen atoms in total. The van der Waals surface area contributed by atoms with Crippen molar-refractivity contribution in [1.29, 1.82) is 0 Å². The topological polar surface area (TPSA) is 195 Å². The molecule has 1 unspecified atom stereocenters. The lowest BCUT2D eigenvalue weighted by Gasteiger charge is -2.36. The predicted molar refractivity (Wildman–Crippen MR) is 211 cm³/mol. The standard InChI is InChI=1S/C41H56F2N6O9S/c1-8-40-19-23(40)12-10-9-11-13-27-34(45-28-18-24(56-7)14-15-26(28)44-27)57-29-21-49(35(51)31(38(3,4)5)46-37(53)58-40)30(22(29)2)33(50)47-41(20-25(41)32(42)43)36(52)48-59(54,55)39(6)16-17-39/h14-15,18,22-23,25,29-32H,8-13,16-17,19-21H2,1-7H3,(H,46,53)(H,47,50)(H,48,52)/t22-,23-,25+,29+,30?,31-,40-,41-/m1/s1. The Morgan fingerprint density at radius 2 is 1.83 bits per heavy atom. The van der Waals surface area contributed by atoms with Crippen LogP contribution in [0.2, 0.25) is 0 Å². The molecule has 0 radical (unpaired) electrons. The highest BCUT2D eigenvalue weighted by molar-refractivity contribution is 7.91. The van der Waals surface area contributed by atoms with Crippen molar-refractivity contribution in [3.8, 4) is 11.6 Å². The van der Waals surface area contributed by atoms with Crippen LogP contribution in [0.4, 0.5) is 13.6 Å². The zero-order valence-electron chi connectivity index (χ0n) is 34.7. The van der Waals surface area contributed by atoms with Crippen molar-refractivity contribution in [2.75, 3.05) is 13.7 Å². The number of hydrogen-bond acceptors (Lipinski definition) is 11. The first kappa shape index (κ1) is 42.8. The lowest BCUT2D eigenvalue weighted by atomic mass is 9.85. The number of amides is 4. The van der Waals surface area contributed by atoms with E-state index in [0.29, 0.717) is 54.6 Å². The number of sulfonamides is 1. The van der Waals surface area contributed by atoms with E-state index in [9.17, 15) is 36.4 Å². The van der Waals surface area contributed by atoms with Crippen LogP contribution in [-0.2, 0) is 35.6 Å². The van der Waals surface area contributed by atoms with Crippen LogP contribution in [-0.4, -0.2) is 101 Å². The van der Waals surface area contributed by atoms with E-state index >= 15 is 0 Å². The predicted octanol–water partition coefficient (Wildman–Crippen LogP) is 4.80. The summed E-state index contributed by atoms with van der Waals surface area (Å²) in [4.78, 5) is 67.8. The number of nitrogens with zero attached hydrogens (tertiary/aromatic N) is 3. The summed E-state index contributed by atoms with van der Waals surface area (Å²) in [5.74, 6) is -4.47. The Kier molecular flexibility index (Phi) is 11.1. The third-order valence-corrected chi connectivity index (χ3v) is 15.5. The highest BCUT2D eigenvalue weighted by Gasteiger charge is 2.68. The number of carbonyl (C=O) groups is 4. The summed E-state index contributed by atoms with van der Waals surface area (Å²) < 4.78 is 73.7. The van der Waals surface area contributed by atoms with Crippen LogP contribution in [0.15, 0.2) is 18.2 Å². The van der Waals surface area contributed by atoms with Gasteiger partial charge in [-0.2, -0.15) is 0 Å². The number of benzene rings is 1. The van der Waals surface area contributed by atoms with Crippen molar-refractivity contribution in [2.45, 2.75) is 146 Å². The molecule has 4 amide bonds. The minimum absolute atomic E-state index is 0.162. The third-order valence-electron chi connectivity index (χ3n) is 13.3. The molecule has 3 N–H and O–H groups in total.